The lowest BCUT2D eigenvalue weighted by Gasteiger charge is -2.33. The molecule has 3 heterocycles. The van der Waals surface area contributed by atoms with Crippen molar-refractivity contribution in [2.45, 2.75) is 37.1 Å². The highest BCUT2D eigenvalue weighted by atomic mass is 35.5. The first kappa shape index (κ1) is 30.3. The fraction of sp³-hybridized carbons (Fsp3) is 0.478. The lowest BCUT2D eigenvalue weighted by molar-refractivity contribution is -0.142. The van der Waals surface area contributed by atoms with Gasteiger partial charge in [0.15, 0.2) is 29.4 Å². The molecule has 0 spiro atoms. The van der Waals surface area contributed by atoms with Crippen molar-refractivity contribution in [3.8, 4) is 5.75 Å². The molecule has 4 N–H and O–H groups in total. The van der Waals surface area contributed by atoms with Crippen molar-refractivity contribution < 1.29 is 32.8 Å². The van der Waals surface area contributed by atoms with E-state index in [0.717, 1.165) is 0 Å². The van der Waals surface area contributed by atoms with Crippen molar-refractivity contribution in [1.82, 2.24) is 24.6 Å². The summed E-state index contributed by atoms with van der Waals surface area (Å²) < 4.78 is 39.8. The number of carbonyl (C=O) groups is 1. The van der Waals surface area contributed by atoms with Crippen molar-refractivity contribution in [3.05, 3.63) is 36.7 Å². The van der Waals surface area contributed by atoms with Crippen LogP contribution in [0.25, 0.3) is 11.2 Å². The van der Waals surface area contributed by atoms with Gasteiger partial charge in [0.05, 0.1) is 25.9 Å². The van der Waals surface area contributed by atoms with Crippen LogP contribution >= 0.6 is 18.2 Å². The fourth-order valence-electron chi connectivity index (χ4n) is 4.09. The molecule has 1 saturated heterocycles. The molecular weight excluding hydrogens is 588 g/mol. The highest BCUT2D eigenvalue weighted by molar-refractivity contribution is 8.09. The molecule has 1 unspecified atom stereocenters. The molecule has 17 heteroatoms. The van der Waals surface area contributed by atoms with Crippen LogP contribution in [-0.2, 0) is 30.6 Å². The molecule has 1 aromatic carbocycles. The zero-order valence-corrected chi connectivity index (χ0v) is 24.6. The summed E-state index contributed by atoms with van der Waals surface area (Å²) in [7, 11) is 4.73. The van der Waals surface area contributed by atoms with Gasteiger partial charge in [-0.15, -0.1) is 11.6 Å². The summed E-state index contributed by atoms with van der Waals surface area (Å²) in [6.07, 6.45) is -3.77. The number of aromatic nitrogens is 4. The molecule has 0 bridgehead atoms. The molecule has 218 valence electrons. The van der Waals surface area contributed by atoms with E-state index in [1.165, 1.54) is 24.9 Å². The second-order valence-electron chi connectivity index (χ2n) is 9.27. The Morgan fingerprint density at radius 1 is 1.40 bits per heavy atom. The highest BCUT2D eigenvalue weighted by Gasteiger charge is 2.57. The average Bonchev–Trinajstić information content (AvgIpc) is 3.45. The summed E-state index contributed by atoms with van der Waals surface area (Å²) in [5.74, 6) is -0.239. The van der Waals surface area contributed by atoms with Crippen LogP contribution in [0.2, 0.25) is 0 Å². The molecule has 3 aromatic rings. The van der Waals surface area contributed by atoms with Gasteiger partial charge in [-0.25, -0.2) is 14.5 Å². The number of ether oxygens (including phenoxy) is 2. The van der Waals surface area contributed by atoms with E-state index >= 15 is 4.39 Å². The second-order valence-corrected chi connectivity index (χ2v) is 12.7. The molecule has 13 nitrogen and oxygen atoms in total. The van der Waals surface area contributed by atoms with E-state index in [0.29, 0.717) is 17.1 Å². The number of anilines is 2. The lowest BCUT2D eigenvalue weighted by Crippen LogP contribution is -2.48. The van der Waals surface area contributed by atoms with E-state index in [4.69, 9.17) is 47.7 Å². The number of nitrogen functional groups attached to an aromatic ring is 1. The molecule has 6 atom stereocenters. The molecule has 4 rings (SSSR count). The van der Waals surface area contributed by atoms with Gasteiger partial charge in [0.1, 0.15) is 23.5 Å². The number of para-hydroxylation sites is 1. The Balaban J connectivity index is 1.63. The van der Waals surface area contributed by atoms with Crippen LogP contribution in [0.1, 0.15) is 13.2 Å². The first-order valence-corrected chi connectivity index (χ1v) is 15.2. The van der Waals surface area contributed by atoms with Crippen molar-refractivity contribution in [2.24, 2.45) is 0 Å². The smallest absolute Gasteiger partial charge is 0.323 e. The van der Waals surface area contributed by atoms with Crippen LogP contribution in [0.15, 0.2) is 36.7 Å². The van der Waals surface area contributed by atoms with Gasteiger partial charge in [0.2, 0.25) is 5.95 Å². The first-order chi connectivity index (χ1) is 18.9. The van der Waals surface area contributed by atoms with Crippen molar-refractivity contribution >= 4 is 58.9 Å². The predicted octanol–water partition coefficient (Wildman–Crippen LogP) is 2.15. The van der Waals surface area contributed by atoms with Gasteiger partial charge in [-0.1, -0.05) is 18.2 Å². The number of fused-ring (bicyclic) bond motifs is 1. The van der Waals surface area contributed by atoms with E-state index in [9.17, 15) is 9.90 Å². The number of aliphatic hydroxyl groups is 1. The van der Waals surface area contributed by atoms with Crippen LogP contribution in [0.3, 0.4) is 0 Å². The molecule has 1 aliphatic rings. The number of carbonyl (C=O) groups excluding carboxylic acids is 1. The summed E-state index contributed by atoms with van der Waals surface area (Å²) >= 11 is 11.9. The van der Waals surface area contributed by atoms with E-state index in [2.05, 4.69) is 20.0 Å². The minimum atomic E-state index is -3.51. The Kier molecular flexibility index (Phi) is 9.15. The minimum Gasteiger partial charge on any atom is -0.468 e. The third kappa shape index (κ3) is 6.00. The number of hydrogen-bond donors (Lipinski definition) is 3. The van der Waals surface area contributed by atoms with E-state index in [-0.39, 0.29) is 17.5 Å². The second kappa shape index (κ2) is 12.1. The normalized spacial score (nSPS) is 24.9. The molecule has 1 fully saturated rings. The number of hydrogen-bond acceptors (Lipinski definition) is 12. The summed E-state index contributed by atoms with van der Waals surface area (Å²) in [4.78, 5) is 26.5. The monoisotopic (exact) mass is 617 g/mol. The number of aliphatic hydroxyl groups excluding tert-OH is 1. The third-order valence-corrected chi connectivity index (χ3v) is 9.10. The zero-order valence-electron chi connectivity index (χ0n) is 22.1. The molecule has 0 saturated carbocycles. The van der Waals surface area contributed by atoms with E-state index < -0.39 is 49.4 Å². The van der Waals surface area contributed by atoms with Crippen LogP contribution < -0.4 is 20.2 Å². The molecule has 0 radical (unpaired) electrons. The Hall–Kier alpha value is -2.65. The molecule has 0 aliphatic carbocycles. The molecular formula is C23H30ClFN7O6PS. The maximum absolute atomic E-state index is 15.7. The number of benzene rings is 1. The van der Waals surface area contributed by atoms with Crippen molar-refractivity contribution in [2.75, 3.05) is 44.3 Å². The molecule has 1 aliphatic heterocycles. The lowest BCUT2D eigenvalue weighted by atomic mass is 9.99. The topological polar surface area (TPSA) is 159 Å². The van der Waals surface area contributed by atoms with Gasteiger partial charge in [-0.2, -0.15) is 9.97 Å². The summed E-state index contributed by atoms with van der Waals surface area (Å²) in [5.41, 5.74) is 4.69. The number of nitrogens with zero attached hydrogens (tertiary/aromatic N) is 5. The van der Waals surface area contributed by atoms with Crippen LogP contribution in [0, 0.1) is 0 Å². The van der Waals surface area contributed by atoms with Crippen molar-refractivity contribution in [3.63, 3.8) is 0 Å². The van der Waals surface area contributed by atoms with E-state index in [1.54, 1.807) is 49.3 Å². The number of halogens is 2. The van der Waals surface area contributed by atoms with E-state index in [1.807, 2.05) is 0 Å². The van der Waals surface area contributed by atoms with Gasteiger partial charge >= 0.3 is 12.6 Å². The standard InChI is InChI=1S/C23H30ClFN7O6PS/c1-13(21(34)35-4)30-39(40,38-14-8-6-5-7-9-14)36-11-23(10-24)17(33)15(25)20(37-23)32-12-27-16-18(31(2)3)28-22(26)29-19(16)32/h5-9,12-13,15,17,20,33H,10-11H2,1-4H3,(H,30,40)(H2,26,28,29)/t13-,15+,17+,20-,23-,39?/m1/s1. The summed E-state index contributed by atoms with van der Waals surface area (Å²) in [5, 5.41) is 13.9. The van der Waals surface area contributed by atoms with Gasteiger partial charge in [0.25, 0.3) is 0 Å². The Labute approximate surface area is 239 Å². The molecule has 2 aromatic heterocycles. The number of nitrogens with two attached hydrogens (primary N) is 1. The van der Waals surface area contributed by atoms with Crippen LogP contribution in [0.5, 0.6) is 5.75 Å². The fourth-order valence-corrected chi connectivity index (χ4v) is 6.82. The Morgan fingerprint density at radius 3 is 2.73 bits per heavy atom. The number of rotatable bonds is 11. The summed E-state index contributed by atoms with van der Waals surface area (Å²) in [6.45, 7) is -2.47. The Morgan fingerprint density at radius 2 is 2.10 bits per heavy atom. The maximum atomic E-state index is 15.7. The summed E-state index contributed by atoms with van der Waals surface area (Å²) in [6, 6.07) is 7.65. The minimum absolute atomic E-state index is 0.0524. The molecule has 0 amide bonds. The van der Waals surface area contributed by atoms with Gasteiger partial charge in [0, 0.05) is 14.1 Å². The predicted molar refractivity (Wildman–Crippen MR) is 150 cm³/mol. The van der Waals surface area contributed by atoms with Gasteiger partial charge in [-0.05, 0) is 30.9 Å². The number of nitrogens with one attached hydrogen (secondary N) is 1. The number of imidazole rings is 1. The third-order valence-electron chi connectivity index (χ3n) is 6.17. The maximum Gasteiger partial charge on any atom is 0.323 e. The van der Waals surface area contributed by atoms with Crippen LogP contribution in [0.4, 0.5) is 16.2 Å². The SMILES string of the molecule is COC(=O)[C@@H](C)NP(=S)(OC[C@@]1(CCl)O[C@@H](n2cnc3c(N(C)C)nc(N)nc32)[C@@H](F)[C@@H]1O)Oc1ccccc1. The van der Waals surface area contributed by atoms with Gasteiger partial charge < -0.3 is 34.3 Å². The zero-order chi connectivity index (χ0) is 29.2. The number of esters is 1. The highest BCUT2D eigenvalue weighted by Crippen LogP contribution is 2.49. The number of alkyl halides is 2. The quantitative estimate of drug-likeness (QED) is 0.163. The van der Waals surface area contributed by atoms with Crippen molar-refractivity contribution in [1.29, 1.82) is 0 Å². The molecule has 40 heavy (non-hydrogen) atoms. The van der Waals surface area contributed by atoms with Gasteiger partial charge in [-0.3, -0.25) is 9.36 Å². The first-order valence-electron chi connectivity index (χ1n) is 12.0. The Bertz CT molecular complexity index is 1400. The number of methoxy groups -OCH3 is 1. The average molecular weight is 618 g/mol. The largest absolute Gasteiger partial charge is 0.468 e. The van der Waals surface area contributed by atoms with Crippen LogP contribution in [-0.4, -0.2) is 88.2 Å².